The number of rotatable bonds is 0. The summed E-state index contributed by atoms with van der Waals surface area (Å²) in [5.74, 6) is 0. The molecule has 0 unspecified atom stereocenters. The summed E-state index contributed by atoms with van der Waals surface area (Å²) < 4.78 is 0. The summed E-state index contributed by atoms with van der Waals surface area (Å²) in [6.07, 6.45) is 0. The number of hydrogen-bond donors (Lipinski definition) is 0. The van der Waals surface area contributed by atoms with E-state index in [1.807, 2.05) is 0 Å². The molecule has 0 aromatic rings. The van der Waals surface area contributed by atoms with Crippen molar-refractivity contribution >= 4 is 0 Å². The molecule has 0 fully saturated rings. The fraction of sp³-hybridized carbons (Fsp3) is 0. The molecule has 0 aromatic carbocycles. The van der Waals surface area contributed by atoms with Crippen LogP contribution in [-0.2, 0) is 21.1 Å². The van der Waals surface area contributed by atoms with E-state index in [2.05, 4.69) is 0 Å². The molecule has 6 nitrogen and oxygen atoms in total. The van der Waals surface area contributed by atoms with Crippen molar-refractivity contribution in [3.63, 3.8) is 0 Å². The van der Waals surface area contributed by atoms with Gasteiger partial charge < -0.3 is 31.5 Å². The summed E-state index contributed by atoms with van der Waals surface area (Å²) in [7, 11) is 0. The van der Waals surface area contributed by atoms with Gasteiger partial charge in [0.05, 0.1) is 0 Å². The summed E-state index contributed by atoms with van der Waals surface area (Å²) >= 11 is 0. The van der Waals surface area contributed by atoms with E-state index < -0.39 is 0 Å². The van der Waals surface area contributed by atoms with Crippen LogP contribution in [0, 0.1) is 0 Å². The van der Waals surface area contributed by atoms with Crippen molar-refractivity contribution in [3.05, 3.63) is 0 Å². The maximum Gasteiger partial charge on any atom is 6.00 e. The van der Waals surface area contributed by atoms with Gasteiger partial charge in [-0.25, -0.2) is 0 Å². The second-order valence-electron chi connectivity index (χ2n) is 0. The van der Waals surface area contributed by atoms with Gasteiger partial charge in [0.1, 0.15) is 0 Å². The first kappa shape index (κ1) is 26.0. The maximum absolute atomic E-state index is 7.00. The van der Waals surface area contributed by atoms with Crippen molar-refractivity contribution in [1.82, 2.24) is 0 Å². The third-order valence-electron chi connectivity index (χ3n) is 0. The van der Waals surface area contributed by atoms with Gasteiger partial charge in [-0.1, -0.05) is 0 Å². The molecule has 0 heterocycles. The predicted octanol–water partition coefficient (Wildman–Crippen LogP) is -7.14. The molecule has 42 valence electrons. The van der Waals surface area contributed by atoms with Crippen molar-refractivity contribution in [2.24, 2.45) is 0 Å². The van der Waals surface area contributed by atoms with Crippen LogP contribution in [-0.4, -0.2) is 0 Å². The van der Waals surface area contributed by atoms with Crippen molar-refractivity contribution in [1.29, 1.82) is 0 Å². The van der Waals surface area contributed by atoms with E-state index >= 15 is 0 Å². The molecule has 0 saturated carbocycles. The van der Waals surface area contributed by atoms with E-state index in [1.54, 1.807) is 0 Å². The van der Waals surface area contributed by atoms with Gasteiger partial charge in [0.2, 0.25) is 0 Å². The van der Waals surface area contributed by atoms with E-state index in [-0.39, 0.29) is 21.1 Å². The second kappa shape index (κ2) is 952. The standard InChI is InChI=1S/3O2.W/c3*1-2;/q3*-2;+6. The summed E-state index contributed by atoms with van der Waals surface area (Å²) in [5, 5.41) is 42.0. The van der Waals surface area contributed by atoms with Gasteiger partial charge in [-0.3, -0.25) is 0 Å². The minimum Gasteiger partial charge on any atom is -1.00 e. The van der Waals surface area contributed by atoms with Crippen molar-refractivity contribution < 1.29 is 52.6 Å². The first-order chi connectivity index (χ1) is 3.00. The Balaban J connectivity index is -0.00000000900. The monoisotopic (exact) mass is 280 g/mol. The molecule has 0 N–H and O–H groups in total. The van der Waals surface area contributed by atoms with Crippen molar-refractivity contribution in [3.8, 4) is 0 Å². The van der Waals surface area contributed by atoms with Gasteiger partial charge in [-0.15, -0.1) is 0 Å². The topological polar surface area (TPSA) is 138 Å². The molecule has 0 aliphatic rings. The van der Waals surface area contributed by atoms with Gasteiger partial charge in [-0.05, 0) is 0 Å². The van der Waals surface area contributed by atoms with E-state index in [0.717, 1.165) is 0 Å². The normalized spacial score (nSPS) is 2.57. The van der Waals surface area contributed by atoms with E-state index in [0.29, 0.717) is 0 Å². The summed E-state index contributed by atoms with van der Waals surface area (Å²) in [6.45, 7) is 0. The molecule has 7 heavy (non-hydrogen) atoms. The third kappa shape index (κ3) is 635. The molecule has 7 heteroatoms. The molecule has 0 aliphatic heterocycles. The molecule has 0 radical (unpaired) electrons. The smallest absolute Gasteiger partial charge is 1.00 e. The molecule has 0 rings (SSSR count). The Kier molecular flexibility index (Phi) is 3540. The largest absolute Gasteiger partial charge is 6.00 e. The van der Waals surface area contributed by atoms with Crippen molar-refractivity contribution in [2.75, 3.05) is 0 Å². The predicted molar refractivity (Wildman–Crippen MR) is 0 cm³/mol. The Labute approximate surface area is 53.3 Å². The van der Waals surface area contributed by atoms with E-state index in [1.165, 1.54) is 0 Å². The summed E-state index contributed by atoms with van der Waals surface area (Å²) in [5.41, 5.74) is 0. The zero-order valence-corrected chi connectivity index (χ0v) is 5.79. The van der Waals surface area contributed by atoms with Gasteiger partial charge in [-0.2, -0.15) is 0 Å². The maximum atomic E-state index is 7.00. The van der Waals surface area contributed by atoms with Crippen LogP contribution >= 0.6 is 0 Å². The molecule has 0 spiro atoms. The Morgan fingerprint density at radius 1 is 0.429 bits per heavy atom. The van der Waals surface area contributed by atoms with Crippen LogP contribution in [0.2, 0.25) is 0 Å². The molecule has 0 saturated heterocycles. The third-order valence-corrected chi connectivity index (χ3v) is 0. The summed E-state index contributed by atoms with van der Waals surface area (Å²) in [6, 6.07) is 0. The average molecular weight is 280 g/mol. The Bertz CT molecular complexity index is 4.14. The molecular formula is O6W. The van der Waals surface area contributed by atoms with Gasteiger partial charge in [0.25, 0.3) is 0 Å². The van der Waals surface area contributed by atoms with Crippen LogP contribution in [0.5, 0.6) is 0 Å². The first-order valence-electron chi connectivity index (χ1n) is 0.500. The molecule has 0 atom stereocenters. The Hall–Kier alpha value is 0.448. The quantitative estimate of drug-likeness (QED) is 0.319. The first-order valence-corrected chi connectivity index (χ1v) is 0.500. The minimum atomic E-state index is 0. The van der Waals surface area contributed by atoms with Crippen LogP contribution in [0.3, 0.4) is 0 Å². The van der Waals surface area contributed by atoms with Gasteiger partial charge in [0, 0.05) is 0 Å². The van der Waals surface area contributed by atoms with E-state index in [4.69, 9.17) is 31.5 Å². The van der Waals surface area contributed by atoms with Crippen LogP contribution in [0.4, 0.5) is 0 Å². The fourth-order valence-corrected chi connectivity index (χ4v) is 0. The molecular weight excluding hydrogens is 280 g/mol. The molecule has 0 aromatic heterocycles. The van der Waals surface area contributed by atoms with Gasteiger partial charge in [0.15, 0.2) is 0 Å². The summed E-state index contributed by atoms with van der Waals surface area (Å²) in [4.78, 5) is 0. The van der Waals surface area contributed by atoms with Crippen LogP contribution in [0.25, 0.3) is 0 Å². The van der Waals surface area contributed by atoms with Crippen LogP contribution in [0.1, 0.15) is 0 Å². The SMILES string of the molecule is [O-][O-].[O-][O-].[O-][O-].[W+6]. The zero-order chi connectivity index (χ0) is 6.00. The number of hydrogen-bond acceptors (Lipinski definition) is 6. The molecule has 0 bridgehead atoms. The second-order valence-corrected chi connectivity index (χ2v) is 0. The average Bonchev–Trinajstić information content (AvgIpc) is 1.81. The molecule has 0 aliphatic carbocycles. The van der Waals surface area contributed by atoms with Crippen molar-refractivity contribution in [2.45, 2.75) is 0 Å². The fourth-order valence-electron chi connectivity index (χ4n) is 0. The minimum absolute atomic E-state index is 0. The Morgan fingerprint density at radius 3 is 0.429 bits per heavy atom. The Morgan fingerprint density at radius 2 is 0.429 bits per heavy atom. The molecule has 0 amide bonds. The van der Waals surface area contributed by atoms with Gasteiger partial charge >= 0.3 is 21.1 Å². The zero-order valence-electron chi connectivity index (χ0n) is 2.86. The van der Waals surface area contributed by atoms with E-state index in [9.17, 15) is 0 Å². The van der Waals surface area contributed by atoms with Crippen LogP contribution in [0.15, 0.2) is 0 Å². The van der Waals surface area contributed by atoms with Crippen LogP contribution < -0.4 is 31.5 Å².